The number of thiazole rings is 1. The highest BCUT2D eigenvalue weighted by Gasteiger charge is 2.23. The molecule has 1 fully saturated rings. The second kappa shape index (κ2) is 6.77. The molecule has 1 saturated heterocycles. The summed E-state index contributed by atoms with van der Waals surface area (Å²) in [5.41, 5.74) is 1.85. The highest BCUT2D eigenvalue weighted by molar-refractivity contribution is 7.15. The van der Waals surface area contributed by atoms with E-state index in [4.69, 9.17) is 16.3 Å². The van der Waals surface area contributed by atoms with Crippen molar-refractivity contribution in [2.24, 2.45) is 0 Å². The monoisotopic (exact) mass is 336 g/mol. The second-order valence-corrected chi connectivity index (χ2v) is 6.72. The predicted molar refractivity (Wildman–Crippen MR) is 88.1 cm³/mol. The van der Waals surface area contributed by atoms with Crippen molar-refractivity contribution in [1.82, 2.24) is 10.3 Å². The van der Waals surface area contributed by atoms with Gasteiger partial charge in [-0.2, -0.15) is 0 Å². The summed E-state index contributed by atoms with van der Waals surface area (Å²) in [7, 11) is 0. The maximum Gasteiger partial charge on any atom is 0.249 e. The topological polar surface area (TPSA) is 51.2 Å². The molecule has 116 valence electrons. The van der Waals surface area contributed by atoms with E-state index >= 15 is 0 Å². The molecule has 2 heterocycles. The number of halogens is 1. The first kappa shape index (κ1) is 15.5. The van der Waals surface area contributed by atoms with Crippen molar-refractivity contribution >= 4 is 28.8 Å². The number of ether oxygens (including phenoxy) is 1. The SMILES string of the molecule is Cc1nc(-c2ccccc2Cl)sc1CNC(=O)C1CCCO1. The summed E-state index contributed by atoms with van der Waals surface area (Å²) in [6.07, 6.45) is 1.46. The first-order valence-corrected chi connectivity index (χ1v) is 8.45. The number of nitrogens with one attached hydrogen (secondary N) is 1. The van der Waals surface area contributed by atoms with Gasteiger partial charge in [-0.15, -0.1) is 11.3 Å². The molecule has 22 heavy (non-hydrogen) atoms. The van der Waals surface area contributed by atoms with Crippen LogP contribution in [0.5, 0.6) is 0 Å². The minimum Gasteiger partial charge on any atom is -0.368 e. The molecule has 0 saturated carbocycles. The van der Waals surface area contributed by atoms with E-state index in [0.29, 0.717) is 18.2 Å². The molecular weight excluding hydrogens is 320 g/mol. The zero-order valence-electron chi connectivity index (χ0n) is 12.3. The van der Waals surface area contributed by atoms with Gasteiger partial charge in [-0.05, 0) is 25.8 Å². The average molecular weight is 337 g/mol. The number of hydrogen-bond acceptors (Lipinski definition) is 4. The summed E-state index contributed by atoms with van der Waals surface area (Å²) in [5.74, 6) is -0.0374. The van der Waals surface area contributed by atoms with E-state index in [1.165, 1.54) is 0 Å². The van der Waals surface area contributed by atoms with Crippen LogP contribution in [0.2, 0.25) is 5.02 Å². The average Bonchev–Trinajstić information content (AvgIpc) is 3.15. The molecule has 1 aromatic carbocycles. The van der Waals surface area contributed by atoms with Gasteiger partial charge in [0, 0.05) is 17.0 Å². The van der Waals surface area contributed by atoms with Crippen LogP contribution in [0.1, 0.15) is 23.4 Å². The maximum absolute atomic E-state index is 12.0. The van der Waals surface area contributed by atoms with Crippen molar-refractivity contribution in [2.45, 2.75) is 32.4 Å². The summed E-state index contributed by atoms with van der Waals surface area (Å²) in [6, 6.07) is 7.65. The first-order chi connectivity index (χ1) is 10.6. The first-order valence-electron chi connectivity index (χ1n) is 7.25. The molecule has 4 nitrogen and oxygen atoms in total. The lowest BCUT2D eigenvalue weighted by molar-refractivity contribution is -0.130. The molecule has 1 aliphatic heterocycles. The second-order valence-electron chi connectivity index (χ2n) is 5.23. The Labute approximate surface area is 138 Å². The van der Waals surface area contributed by atoms with Crippen LogP contribution in [0, 0.1) is 6.92 Å². The van der Waals surface area contributed by atoms with Crippen molar-refractivity contribution in [1.29, 1.82) is 0 Å². The fourth-order valence-electron chi connectivity index (χ4n) is 2.41. The quantitative estimate of drug-likeness (QED) is 0.928. The molecule has 0 spiro atoms. The van der Waals surface area contributed by atoms with Crippen molar-refractivity contribution in [3.63, 3.8) is 0 Å². The van der Waals surface area contributed by atoms with E-state index in [9.17, 15) is 4.79 Å². The Hall–Kier alpha value is -1.43. The molecule has 1 aliphatic rings. The van der Waals surface area contributed by atoms with Crippen LogP contribution in [0.3, 0.4) is 0 Å². The van der Waals surface area contributed by atoms with E-state index < -0.39 is 0 Å². The van der Waals surface area contributed by atoms with Crippen LogP contribution in [0.15, 0.2) is 24.3 Å². The summed E-state index contributed by atoms with van der Waals surface area (Å²) < 4.78 is 5.38. The largest absolute Gasteiger partial charge is 0.368 e. The van der Waals surface area contributed by atoms with Crippen molar-refractivity contribution < 1.29 is 9.53 Å². The number of carbonyl (C=O) groups excluding carboxylic acids is 1. The minimum atomic E-state index is -0.295. The van der Waals surface area contributed by atoms with E-state index in [0.717, 1.165) is 34.0 Å². The number of amides is 1. The summed E-state index contributed by atoms with van der Waals surface area (Å²) in [5, 5.41) is 4.50. The van der Waals surface area contributed by atoms with Gasteiger partial charge in [0.1, 0.15) is 11.1 Å². The van der Waals surface area contributed by atoms with Gasteiger partial charge < -0.3 is 10.1 Å². The Morgan fingerprint density at radius 3 is 3.05 bits per heavy atom. The maximum atomic E-state index is 12.0. The Morgan fingerprint density at radius 1 is 1.50 bits per heavy atom. The van der Waals surface area contributed by atoms with Crippen molar-refractivity contribution in [2.75, 3.05) is 6.61 Å². The van der Waals surface area contributed by atoms with Gasteiger partial charge >= 0.3 is 0 Å². The highest BCUT2D eigenvalue weighted by atomic mass is 35.5. The molecule has 3 rings (SSSR count). The Bertz CT molecular complexity index is 681. The van der Waals surface area contributed by atoms with Gasteiger partial charge in [0.2, 0.25) is 5.91 Å². The summed E-state index contributed by atoms with van der Waals surface area (Å²) in [4.78, 5) is 17.6. The molecule has 1 amide bonds. The Balaban J connectivity index is 1.70. The van der Waals surface area contributed by atoms with Crippen LogP contribution in [-0.4, -0.2) is 23.6 Å². The fraction of sp³-hybridized carbons (Fsp3) is 0.375. The third-order valence-electron chi connectivity index (χ3n) is 3.64. The van der Waals surface area contributed by atoms with Gasteiger partial charge in [0.05, 0.1) is 17.3 Å². The third-order valence-corrected chi connectivity index (χ3v) is 5.16. The number of hydrogen-bond donors (Lipinski definition) is 1. The number of benzene rings is 1. The molecular formula is C16H17ClN2O2S. The van der Waals surface area contributed by atoms with Crippen LogP contribution in [0.4, 0.5) is 0 Å². The smallest absolute Gasteiger partial charge is 0.249 e. The molecule has 0 radical (unpaired) electrons. The summed E-state index contributed by atoms with van der Waals surface area (Å²) >= 11 is 7.77. The van der Waals surface area contributed by atoms with Crippen LogP contribution >= 0.6 is 22.9 Å². The van der Waals surface area contributed by atoms with Gasteiger partial charge in [0.15, 0.2) is 0 Å². The standard InChI is InChI=1S/C16H17ClN2O2S/c1-10-14(9-18-15(20)13-7-4-8-21-13)22-16(19-10)11-5-2-3-6-12(11)17/h2-3,5-6,13H,4,7-9H2,1H3,(H,18,20). The number of rotatable bonds is 4. The molecule has 0 aliphatic carbocycles. The lowest BCUT2D eigenvalue weighted by atomic mass is 10.2. The normalized spacial score (nSPS) is 17.6. The Morgan fingerprint density at radius 2 is 2.32 bits per heavy atom. The highest BCUT2D eigenvalue weighted by Crippen LogP contribution is 2.32. The number of aryl methyl sites for hydroxylation is 1. The third kappa shape index (κ3) is 3.32. The lowest BCUT2D eigenvalue weighted by Gasteiger charge is -2.09. The minimum absolute atomic E-state index is 0.0374. The number of nitrogens with zero attached hydrogens (tertiary/aromatic N) is 1. The van der Waals surface area contributed by atoms with Crippen molar-refractivity contribution in [3.8, 4) is 10.6 Å². The van der Waals surface area contributed by atoms with Crippen molar-refractivity contribution in [3.05, 3.63) is 39.9 Å². The fourth-order valence-corrected chi connectivity index (χ4v) is 3.73. The van der Waals surface area contributed by atoms with Crippen LogP contribution < -0.4 is 5.32 Å². The number of carbonyl (C=O) groups is 1. The van der Waals surface area contributed by atoms with Gasteiger partial charge in [-0.25, -0.2) is 4.98 Å². The molecule has 0 bridgehead atoms. The Kier molecular flexibility index (Phi) is 4.76. The molecule has 1 unspecified atom stereocenters. The van der Waals surface area contributed by atoms with E-state index in [1.807, 2.05) is 31.2 Å². The van der Waals surface area contributed by atoms with Crippen LogP contribution in [0.25, 0.3) is 10.6 Å². The predicted octanol–water partition coefficient (Wildman–Crippen LogP) is 3.57. The van der Waals surface area contributed by atoms with Gasteiger partial charge in [-0.3, -0.25) is 4.79 Å². The van der Waals surface area contributed by atoms with E-state index in [1.54, 1.807) is 11.3 Å². The van der Waals surface area contributed by atoms with E-state index in [2.05, 4.69) is 10.3 Å². The zero-order valence-corrected chi connectivity index (χ0v) is 13.8. The van der Waals surface area contributed by atoms with Gasteiger partial charge in [-0.1, -0.05) is 29.8 Å². The molecule has 1 N–H and O–H groups in total. The van der Waals surface area contributed by atoms with Crippen LogP contribution in [-0.2, 0) is 16.1 Å². The van der Waals surface area contributed by atoms with E-state index in [-0.39, 0.29) is 12.0 Å². The van der Waals surface area contributed by atoms with Gasteiger partial charge in [0.25, 0.3) is 0 Å². The molecule has 1 aromatic heterocycles. The summed E-state index contributed by atoms with van der Waals surface area (Å²) in [6.45, 7) is 3.10. The number of aromatic nitrogens is 1. The molecule has 2 aromatic rings. The lowest BCUT2D eigenvalue weighted by Crippen LogP contribution is -2.33. The zero-order chi connectivity index (χ0) is 15.5. The molecule has 1 atom stereocenters. The molecule has 6 heteroatoms.